The molecule has 1 aromatic heterocycles. The summed E-state index contributed by atoms with van der Waals surface area (Å²) in [5, 5.41) is 17.6. The van der Waals surface area contributed by atoms with Gasteiger partial charge < -0.3 is 5.32 Å². The van der Waals surface area contributed by atoms with E-state index in [1.54, 1.807) is 0 Å². The Kier molecular flexibility index (Phi) is 3.41. The van der Waals surface area contributed by atoms with Crippen LogP contribution >= 0.6 is 11.6 Å². The smallest absolute Gasteiger partial charge is 0.108 e. The van der Waals surface area contributed by atoms with Crippen LogP contribution in [0.15, 0.2) is 6.20 Å². The number of hydrogen-bond acceptors (Lipinski definition) is 3. The van der Waals surface area contributed by atoms with E-state index in [1.165, 1.54) is 0 Å². The van der Waals surface area contributed by atoms with Crippen molar-refractivity contribution in [2.45, 2.75) is 44.2 Å². The Morgan fingerprint density at radius 3 is 3.00 bits per heavy atom. The first-order valence-corrected chi connectivity index (χ1v) is 6.29. The van der Waals surface area contributed by atoms with E-state index >= 15 is 0 Å². The lowest BCUT2D eigenvalue weighted by Gasteiger charge is -2.35. The van der Waals surface area contributed by atoms with Gasteiger partial charge in [-0.15, -0.1) is 0 Å². The van der Waals surface area contributed by atoms with Gasteiger partial charge in [0.05, 0.1) is 22.8 Å². The molecule has 1 heterocycles. The summed E-state index contributed by atoms with van der Waals surface area (Å²) in [6.45, 7) is 1.90. The molecule has 92 valence electrons. The van der Waals surface area contributed by atoms with Crippen LogP contribution in [0.4, 0.5) is 0 Å². The molecule has 1 aromatic rings. The molecule has 0 bridgehead atoms. The summed E-state index contributed by atoms with van der Waals surface area (Å²) in [5.74, 6) is 0. The number of aryl methyl sites for hydroxylation is 1. The summed E-state index contributed by atoms with van der Waals surface area (Å²) in [7, 11) is 1.85. The van der Waals surface area contributed by atoms with Crippen molar-refractivity contribution in [3.63, 3.8) is 0 Å². The van der Waals surface area contributed by atoms with Crippen LogP contribution in [0.25, 0.3) is 0 Å². The lowest BCUT2D eigenvalue weighted by Crippen LogP contribution is -2.46. The number of rotatable bonds is 2. The Balaban J connectivity index is 2.20. The molecule has 5 heteroatoms. The SMILES string of the molecule is CNC1(C#N)CCCC(n2cc(Cl)c(C)n2)C1. The van der Waals surface area contributed by atoms with Gasteiger partial charge in [0.25, 0.3) is 0 Å². The number of nitriles is 1. The molecule has 0 aromatic carbocycles. The Labute approximate surface area is 107 Å². The van der Waals surface area contributed by atoms with Crippen LogP contribution in [-0.4, -0.2) is 22.4 Å². The lowest BCUT2D eigenvalue weighted by molar-refractivity contribution is 0.229. The van der Waals surface area contributed by atoms with E-state index in [1.807, 2.05) is 24.9 Å². The minimum atomic E-state index is -0.407. The number of halogens is 1. The van der Waals surface area contributed by atoms with Gasteiger partial charge in [-0.05, 0) is 33.2 Å². The molecule has 17 heavy (non-hydrogen) atoms. The zero-order valence-corrected chi connectivity index (χ0v) is 11.0. The number of nitrogens with zero attached hydrogens (tertiary/aromatic N) is 3. The molecule has 1 fully saturated rings. The Bertz CT molecular complexity index is 428. The largest absolute Gasteiger partial charge is 0.302 e. The van der Waals surface area contributed by atoms with Crippen molar-refractivity contribution in [3.05, 3.63) is 16.9 Å². The molecule has 2 atom stereocenters. The maximum atomic E-state index is 9.30. The molecule has 4 nitrogen and oxygen atoms in total. The van der Waals surface area contributed by atoms with Crippen LogP contribution in [0.5, 0.6) is 0 Å². The first-order chi connectivity index (χ1) is 8.10. The van der Waals surface area contributed by atoms with Gasteiger partial charge in [0.15, 0.2) is 0 Å². The first kappa shape index (κ1) is 12.4. The first-order valence-electron chi connectivity index (χ1n) is 5.91. The van der Waals surface area contributed by atoms with Gasteiger partial charge in [0.1, 0.15) is 5.54 Å². The van der Waals surface area contributed by atoms with Gasteiger partial charge >= 0.3 is 0 Å². The Morgan fingerprint density at radius 2 is 2.47 bits per heavy atom. The summed E-state index contributed by atoms with van der Waals surface area (Å²) in [6, 6.07) is 2.67. The second-order valence-electron chi connectivity index (χ2n) is 4.74. The third-order valence-corrected chi connectivity index (χ3v) is 4.02. The van der Waals surface area contributed by atoms with Gasteiger partial charge in [-0.2, -0.15) is 10.4 Å². The van der Waals surface area contributed by atoms with Gasteiger partial charge in [-0.1, -0.05) is 11.6 Å². The van der Waals surface area contributed by atoms with Crippen LogP contribution < -0.4 is 5.32 Å². The quantitative estimate of drug-likeness (QED) is 0.880. The van der Waals surface area contributed by atoms with E-state index in [-0.39, 0.29) is 6.04 Å². The average Bonchev–Trinajstić information content (AvgIpc) is 2.70. The fourth-order valence-corrected chi connectivity index (χ4v) is 2.64. The van der Waals surface area contributed by atoms with E-state index in [2.05, 4.69) is 16.5 Å². The standard InChI is InChI=1S/C12H17ClN4/c1-9-11(13)7-17(16-9)10-4-3-5-12(6-10,8-14)15-2/h7,10,15H,3-6H2,1-2H3. The number of aromatic nitrogens is 2. The van der Waals surface area contributed by atoms with E-state index in [4.69, 9.17) is 11.6 Å². The van der Waals surface area contributed by atoms with E-state index in [9.17, 15) is 5.26 Å². The summed E-state index contributed by atoms with van der Waals surface area (Å²) in [5.41, 5.74) is 0.444. The van der Waals surface area contributed by atoms with Crippen LogP contribution in [0.1, 0.15) is 37.4 Å². The minimum absolute atomic E-state index is 0.266. The highest BCUT2D eigenvalue weighted by atomic mass is 35.5. The van der Waals surface area contributed by atoms with Crippen molar-refractivity contribution < 1.29 is 0 Å². The van der Waals surface area contributed by atoms with Crippen LogP contribution in [0.3, 0.4) is 0 Å². The van der Waals surface area contributed by atoms with Crippen molar-refractivity contribution >= 4 is 11.6 Å². The van der Waals surface area contributed by atoms with E-state index in [0.29, 0.717) is 5.02 Å². The van der Waals surface area contributed by atoms with Gasteiger partial charge in [-0.3, -0.25) is 4.68 Å². The van der Waals surface area contributed by atoms with E-state index < -0.39 is 5.54 Å². The fourth-order valence-electron chi connectivity index (χ4n) is 2.50. The van der Waals surface area contributed by atoms with Crippen molar-refractivity contribution in [2.75, 3.05) is 7.05 Å². The highest BCUT2D eigenvalue weighted by Crippen LogP contribution is 2.35. The summed E-state index contributed by atoms with van der Waals surface area (Å²) in [6.07, 6.45) is 5.66. The third-order valence-electron chi connectivity index (χ3n) is 3.65. The maximum Gasteiger partial charge on any atom is 0.108 e. The van der Waals surface area contributed by atoms with E-state index in [0.717, 1.165) is 31.4 Å². The molecule has 1 N–H and O–H groups in total. The van der Waals surface area contributed by atoms with Crippen molar-refractivity contribution in [3.8, 4) is 6.07 Å². The van der Waals surface area contributed by atoms with Crippen molar-refractivity contribution in [1.29, 1.82) is 5.26 Å². The molecule has 0 saturated heterocycles. The summed E-state index contributed by atoms with van der Waals surface area (Å²) < 4.78 is 1.92. The summed E-state index contributed by atoms with van der Waals surface area (Å²) >= 11 is 6.02. The molecular weight excluding hydrogens is 236 g/mol. The average molecular weight is 253 g/mol. The zero-order chi connectivity index (χ0) is 12.5. The predicted molar refractivity (Wildman–Crippen MR) is 66.9 cm³/mol. The molecule has 1 aliphatic carbocycles. The van der Waals surface area contributed by atoms with Crippen molar-refractivity contribution in [1.82, 2.24) is 15.1 Å². The summed E-state index contributed by atoms with van der Waals surface area (Å²) in [4.78, 5) is 0. The maximum absolute atomic E-state index is 9.30. The number of nitrogens with one attached hydrogen (secondary N) is 1. The molecule has 1 saturated carbocycles. The lowest BCUT2D eigenvalue weighted by atomic mass is 9.80. The molecule has 0 aliphatic heterocycles. The molecule has 2 unspecified atom stereocenters. The monoisotopic (exact) mass is 252 g/mol. The minimum Gasteiger partial charge on any atom is -0.302 e. The van der Waals surface area contributed by atoms with Gasteiger partial charge in [0, 0.05) is 12.6 Å². The van der Waals surface area contributed by atoms with Crippen LogP contribution in [-0.2, 0) is 0 Å². The Morgan fingerprint density at radius 1 is 1.71 bits per heavy atom. The van der Waals surface area contributed by atoms with Crippen molar-refractivity contribution in [2.24, 2.45) is 0 Å². The molecule has 0 amide bonds. The highest BCUT2D eigenvalue weighted by molar-refractivity contribution is 6.31. The van der Waals surface area contributed by atoms with Crippen LogP contribution in [0, 0.1) is 18.3 Å². The molecule has 2 rings (SSSR count). The second kappa shape index (κ2) is 4.67. The predicted octanol–water partition coefficient (Wildman–Crippen LogP) is 2.44. The molecule has 1 aliphatic rings. The normalized spacial score (nSPS) is 28.9. The van der Waals surface area contributed by atoms with Crippen LogP contribution in [0.2, 0.25) is 5.02 Å². The topological polar surface area (TPSA) is 53.6 Å². The zero-order valence-electron chi connectivity index (χ0n) is 10.2. The molecular formula is C12H17ClN4. The fraction of sp³-hybridized carbons (Fsp3) is 0.667. The van der Waals surface area contributed by atoms with Gasteiger partial charge in [-0.25, -0.2) is 0 Å². The Hall–Kier alpha value is -1.05. The molecule has 0 spiro atoms. The number of hydrogen-bond donors (Lipinski definition) is 1. The molecule has 0 radical (unpaired) electrons. The van der Waals surface area contributed by atoms with Gasteiger partial charge in [0.2, 0.25) is 0 Å². The third kappa shape index (κ3) is 2.31. The second-order valence-corrected chi connectivity index (χ2v) is 5.14. The highest BCUT2D eigenvalue weighted by Gasteiger charge is 2.36.